The van der Waals surface area contributed by atoms with E-state index in [0.717, 1.165) is 0 Å². The molecule has 0 spiro atoms. The molecule has 7 heteroatoms. The minimum atomic E-state index is -1.47. The predicted octanol–water partition coefficient (Wildman–Crippen LogP) is 4.04. The van der Waals surface area contributed by atoms with Crippen LogP contribution in [0.1, 0.15) is 55.4 Å². The third kappa shape index (κ3) is 10.4. The van der Waals surface area contributed by atoms with Crippen molar-refractivity contribution >= 4 is 18.1 Å². The number of hydrogen-bond acceptors (Lipinski definition) is 7. The zero-order chi connectivity index (χ0) is 19.1. The van der Waals surface area contributed by atoms with Gasteiger partial charge in [0.1, 0.15) is 0 Å². The molecule has 0 amide bonds. The zero-order valence-electron chi connectivity index (χ0n) is 15.5. The first-order valence-electron chi connectivity index (χ1n) is 7.42. The van der Waals surface area contributed by atoms with Crippen molar-refractivity contribution in [1.29, 1.82) is 0 Å². The highest BCUT2D eigenvalue weighted by molar-refractivity contribution is 5.88. The van der Waals surface area contributed by atoms with Crippen LogP contribution in [0.5, 0.6) is 0 Å². The highest BCUT2D eigenvalue weighted by atomic mass is 17.3. The van der Waals surface area contributed by atoms with Crippen molar-refractivity contribution in [2.75, 3.05) is 0 Å². The molecule has 0 aromatic heterocycles. The van der Waals surface area contributed by atoms with E-state index >= 15 is 0 Å². The fourth-order valence-corrected chi connectivity index (χ4v) is 1.71. The molecule has 0 aliphatic heterocycles. The van der Waals surface area contributed by atoms with Crippen molar-refractivity contribution in [1.82, 2.24) is 0 Å². The molecule has 0 aliphatic carbocycles. The molecule has 0 heterocycles. The van der Waals surface area contributed by atoms with E-state index in [1.165, 1.54) is 13.8 Å². The lowest BCUT2D eigenvalue weighted by Gasteiger charge is -2.13. The zero-order valence-corrected chi connectivity index (χ0v) is 15.5. The highest BCUT2D eigenvalue weighted by Crippen LogP contribution is 2.19. The molecule has 0 bridgehead atoms. The van der Waals surface area contributed by atoms with Crippen LogP contribution in [0, 0.1) is 10.8 Å². The Balaban J connectivity index is 4.39. The molecule has 0 aromatic rings. The Morgan fingerprint density at radius 3 is 1.17 bits per heavy atom. The minimum absolute atomic E-state index is 0.240. The van der Waals surface area contributed by atoms with Crippen LogP contribution < -0.4 is 0 Å². The van der Waals surface area contributed by atoms with Crippen molar-refractivity contribution < 1.29 is 33.9 Å². The van der Waals surface area contributed by atoms with Crippen LogP contribution in [-0.4, -0.2) is 18.1 Å². The number of hydrogen-bond donors (Lipinski definition) is 0. The fourth-order valence-electron chi connectivity index (χ4n) is 1.71. The molecule has 0 aromatic carbocycles. The van der Waals surface area contributed by atoms with Crippen LogP contribution in [0.3, 0.4) is 0 Å². The van der Waals surface area contributed by atoms with E-state index in [4.69, 9.17) is 0 Å². The Kier molecular flexibility index (Phi) is 7.70. The van der Waals surface area contributed by atoms with Crippen molar-refractivity contribution in [2.45, 2.75) is 55.4 Å². The van der Waals surface area contributed by atoms with E-state index in [2.05, 4.69) is 19.6 Å². The summed E-state index contributed by atoms with van der Waals surface area (Å²) in [5.41, 5.74) is 0.0408. The second-order valence-corrected chi connectivity index (χ2v) is 7.54. The van der Waals surface area contributed by atoms with Crippen molar-refractivity contribution in [3.05, 3.63) is 23.3 Å². The van der Waals surface area contributed by atoms with Gasteiger partial charge in [-0.1, -0.05) is 53.7 Å². The van der Waals surface area contributed by atoms with Gasteiger partial charge in [0.15, 0.2) is 0 Å². The Morgan fingerprint density at radius 2 is 0.917 bits per heavy atom. The summed E-state index contributed by atoms with van der Waals surface area (Å²) < 4.78 is 0. The summed E-state index contributed by atoms with van der Waals surface area (Å²) in [6, 6.07) is 0. The van der Waals surface area contributed by atoms with Gasteiger partial charge in [-0.3, -0.25) is 0 Å². The second-order valence-electron chi connectivity index (χ2n) is 7.54. The van der Waals surface area contributed by atoms with E-state index in [-0.39, 0.29) is 22.0 Å². The maximum Gasteiger partial charge on any atom is 0.592 e. The second kappa shape index (κ2) is 8.52. The van der Waals surface area contributed by atoms with E-state index in [1.54, 1.807) is 12.2 Å². The summed E-state index contributed by atoms with van der Waals surface area (Å²) in [5, 5.41) is 0. The van der Waals surface area contributed by atoms with E-state index < -0.39 is 18.1 Å². The molecule has 0 atom stereocenters. The summed E-state index contributed by atoms with van der Waals surface area (Å²) in [6.07, 6.45) is 1.85. The number of allylic oxidation sites excluding steroid dienone is 2. The first kappa shape index (κ1) is 21.7. The minimum Gasteiger partial charge on any atom is -0.242 e. The highest BCUT2D eigenvalue weighted by Gasteiger charge is 2.19. The maximum absolute atomic E-state index is 11.6. The molecular formula is C17H26O7. The lowest BCUT2D eigenvalue weighted by molar-refractivity contribution is -0.289. The molecule has 0 fully saturated rings. The molecule has 0 rings (SSSR count). The van der Waals surface area contributed by atoms with Gasteiger partial charge in [0.05, 0.1) is 0 Å². The summed E-state index contributed by atoms with van der Waals surface area (Å²) in [7, 11) is 0. The molecule has 24 heavy (non-hydrogen) atoms. The third-order valence-corrected chi connectivity index (χ3v) is 2.31. The largest absolute Gasteiger partial charge is 0.592 e. The molecular weight excluding hydrogens is 316 g/mol. The Hall–Kier alpha value is -2.31. The molecule has 0 radical (unpaired) electrons. The van der Waals surface area contributed by atoms with Gasteiger partial charge in [-0.15, -0.1) is 0 Å². The quantitative estimate of drug-likeness (QED) is 0.425. The number of carbonyl (C=O) groups excluding carboxylic acids is 3. The average molecular weight is 342 g/mol. The summed E-state index contributed by atoms with van der Waals surface area (Å²) in [6.45, 7) is 14.4. The molecule has 0 aliphatic rings. The normalized spacial score (nSPS) is 13.2. The van der Waals surface area contributed by atoms with Crippen LogP contribution in [-0.2, 0) is 29.1 Å². The smallest absolute Gasteiger partial charge is 0.242 e. The molecule has 0 saturated carbocycles. The van der Waals surface area contributed by atoms with Crippen molar-refractivity contribution in [3.8, 4) is 0 Å². The van der Waals surface area contributed by atoms with E-state index in [9.17, 15) is 14.4 Å². The van der Waals surface area contributed by atoms with E-state index in [0.29, 0.717) is 0 Å². The maximum atomic E-state index is 11.6. The summed E-state index contributed by atoms with van der Waals surface area (Å²) in [4.78, 5) is 51.2. The van der Waals surface area contributed by atoms with Crippen LogP contribution in [0.25, 0.3) is 0 Å². The van der Waals surface area contributed by atoms with Gasteiger partial charge in [0.25, 0.3) is 0 Å². The van der Waals surface area contributed by atoms with Crippen molar-refractivity contribution in [2.24, 2.45) is 10.8 Å². The lowest BCUT2D eigenvalue weighted by atomic mass is 9.94. The SMILES string of the molecule is C/C(=C/C(C)(C)C)C(=O)OOC(=O)OOC(=O)/C(C)=C\C(C)(C)C. The van der Waals surface area contributed by atoms with Gasteiger partial charge in [0.2, 0.25) is 0 Å². The van der Waals surface area contributed by atoms with Crippen LogP contribution in [0.15, 0.2) is 23.3 Å². The lowest BCUT2D eigenvalue weighted by Crippen LogP contribution is -2.17. The number of rotatable bonds is 2. The molecule has 0 N–H and O–H groups in total. The molecule has 136 valence electrons. The number of carbonyl (C=O) groups is 3. The average Bonchev–Trinajstić information content (AvgIpc) is 2.38. The Morgan fingerprint density at radius 1 is 0.625 bits per heavy atom. The predicted molar refractivity (Wildman–Crippen MR) is 86.2 cm³/mol. The monoisotopic (exact) mass is 342 g/mol. The fraction of sp³-hybridized carbons (Fsp3) is 0.588. The van der Waals surface area contributed by atoms with Gasteiger partial charge >= 0.3 is 18.1 Å². The standard InChI is InChI=1S/C17H26O7/c1-11(9-16(3,4)5)13(18)21-23-15(20)24-22-14(19)12(2)10-17(6,7)8/h9-10H,1-8H3/b11-9-,12-10-. The van der Waals surface area contributed by atoms with Gasteiger partial charge in [-0.25, -0.2) is 29.1 Å². The molecule has 7 nitrogen and oxygen atoms in total. The molecule has 0 saturated heterocycles. The first-order chi connectivity index (χ1) is 10.7. The van der Waals surface area contributed by atoms with Crippen LogP contribution in [0.4, 0.5) is 4.79 Å². The Bertz CT molecular complexity index is 494. The van der Waals surface area contributed by atoms with Gasteiger partial charge in [0, 0.05) is 11.1 Å². The van der Waals surface area contributed by atoms with Crippen LogP contribution >= 0.6 is 0 Å². The summed E-state index contributed by atoms with van der Waals surface area (Å²) in [5.74, 6) is -1.70. The van der Waals surface area contributed by atoms with Crippen molar-refractivity contribution in [3.63, 3.8) is 0 Å². The van der Waals surface area contributed by atoms with Gasteiger partial charge in [-0.05, 0) is 24.7 Å². The van der Waals surface area contributed by atoms with Gasteiger partial charge in [-0.2, -0.15) is 4.79 Å². The Labute approximate surface area is 142 Å². The molecule has 0 unspecified atom stereocenters. The van der Waals surface area contributed by atoms with Crippen LogP contribution in [0.2, 0.25) is 0 Å². The van der Waals surface area contributed by atoms with E-state index in [1.807, 2.05) is 41.5 Å². The first-order valence-corrected chi connectivity index (χ1v) is 7.42. The van der Waals surface area contributed by atoms with Gasteiger partial charge < -0.3 is 0 Å². The summed E-state index contributed by atoms with van der Waals surface area (Å²) >= 11 is 0. The topological polar surface area (TPSA) is 88.1 Å². The third-order valence-electron chi connectivity index (χ3n) is 2.31.